The van der Waals surface area contributed by atoms with Crippen molar-refractivity contribution in [3.8, 4) is 5.13 Å². The molecule has 2 N–H and O–H groups in total. The molecule has 0 aliphatic rings. The van der Waals surface area contributed by atoms with E-state index in [1.54, 1.807) is 13.0 Å². The van der Waals surface area contributed by atoms with Crippen molar-refractivity contribution in [1.82, 2.24) is 14.5 Å². The smallest absolute Gasteiger partial charge is 0.267 e. The van der Waals surface area contributed by atoms with Crippen LogP contribution >= 0.6 is 11.3 Å². The van der Waals surface area contributed by atoms with E-state index < -0.39 is 0 Å². The van der Waals surface area contributed by atoms with Crippen LogP contribution in [-0.2, 0) is 0 Å². The molecular formula is C20H18N4O2S. The minimum absolute atomic E-state index is 0.113. The number of fused-ring (bicyclic) bond motifs is 1. The van der Waals surface area contributed by atoms with E-state index in [1.165, 1.54) is 11.3 Å². The third-order valence-corrected chi connectivity index (χ3v) is 5.82. The van der Waals surface area contributed by atoms with Gasteiger partial charge in [-0.3, -0.25) is 9.59 Å². The highest BCUT2D eigenvalue weighted by Crippen LogP contribution is 2.25. The number of pyridine rings is 1. The number of benzene rings is 1. The van der Waals surface area contributed by atoms with Crippen LogP contribution in [-0.4, -0.2) is 20.4 Å². The zero-order valence-corrected chi connectivity index (χ0v) is 16.0. The van der Waals surface area contributed by atoms with Gasteiger partial charge in [0.15, 0.2) is 5.13 Å². The summed E-state index contributed by atoms with van der Waals surface area (Å²) in [5.41, 5.74) is 3.55. The van der Waals surface area contributed by atoms with Crippen molar-refractivity contribution < 1.29 is 4.79 Å². The number of hydrogen-bond acceptors (Lipinski definition) is 4. The molecule has 27 heavy (non-hydrogen) atoms. The fourth-order valence-electron chi connectivity index (χ4n) is 2.99. The fraction of sp³-hybridized carbons (Fsp3) is 0.150. The van der Waals surface area contributed by atoms with E-state index in [1.807, 2.05) is 55.1 Å². The number of aryl methyl sites for hydroxylation is 2. The second-order valence-electron chi connectivity index (χ2n) is 6.42. The van der Waals surface area contributed by atoms with E-state index >= 15 is 0 Å². The highest BCUT2D eigenvalue weighted by Gasteiger charge is 2.16. The average molecular weight is 378 g/mol. The van der Waals surface area contributed by atoms with Crippen LogP contribution in [0, 0.1) is 20.8 Å². The lowest BCUT2D eigenvalue weighted by Gasteiger charge is -2.08. The van der Waals surface area contributed by atoms with E-state index in [0.717, 1.165) is 16.1 Å². The number of nitrogens with one attached hydrogen (secondary N) is 2. The average Bonchev–Trinajstić information content (AvgIpc) is 3.29. The van der Waals surface area contributed by atoms with Gasteiger partial charge in [-0.2, -0.15) is 0 Å². The molecule has 7 heteroatoms. The summed E-state index contributed by atoms with van der Waals surface area (Å²) in [6.45, 7) is 5.55. The van der Waals surface area contributed by atoms with Gasteiger partial charge in [-0.25, -0.2) is 4.98 Å². The van der Waals surface area contributed by atoms with Gasteiger partial charge in [0.1, 0.15) is 4.88 Å². The molecule has 6 nitrogen and oxygen atoms in total. The van der Waals surface area contributed by atoms with Gasteiger partial charge in [-0.05, 0) is 50.6 Å². The van der Waals surface area contributed by atoms with E-state index in [2.05, 4.69) is 15.3 Å². The molecule has 4 aromatic rings. The van der Waals surface area contributed by atoms with Gasteiger partial charge < -0.3 is 14.9 Å². The van der Waals surface area contributed by atoms with Gasteiger partial charge in [-0.15, -0.1) is 0 Å². The van der Waals surface area contributed by atoms with Crippen molar-refractivity contribution >= 4 is 33.8 Å². The normalized spacial score (nSPS) is 11.1. The van der Waals surface area contributed by atoms with Gasteiger partial charge in [0.05, 0.1) is 11.2 Å². The first kappa shape index (κ1) is 17.2. The maximum atomic E-state index is 12.7. The standard InChI is InChI=1S/C20H18N4O2S/c1-11-12(2)18(25)23-16-10-14(6-7-15(11)16)22-19(26)17-13(3)21-20(27-17)24-8-4-5-9-24/h4-10H,1-3H3,(H,22,26)(H,23,25). The molecular weight excluding hydrogens is 360 g/mol. The van der Waals surface area contributed by atoms with Gasteiger partial charge in [0.25, 0.3) is 11.5 Å². The monoisotopic (exact) mass is 378 g/mol. The number of thiazole rings is 1. The molecule has 0 atom stereocenters. The minimum Gasteiger partial charge on any atom is -0.322 e. The Morgan fingerprint density at radius 1 is 1.15 bits per heavy atom. The maximum Gasteiger partial charge on any atom is 0.267 e. The van der Waals surface area contributed by atoms with Crippen molar-refractivity contribution in [3.05, 3.63) is 74.8 Å². The second kappa shape index (κ2) is 6.51. The van der Waals surface area contributed by atoms with Crippen LogP contribution in [0.2, 0.25) is 0 Å². The molecule has 0 radical (unpaired) electrons. The molecule has 3 heterocycles. The molecule has 0 unspecified atom stereocenters. The number of anilines is 1. The molecule has 4 rings (SSSR count). The van der Waals surface area contributed by atoms with Crippen LogP contribution in [0.4, 0.5) is 5.69 Å². The number of aromatic nitrogens is 3. The van der Waals surface area contributed by atoms with E-state index in [9.17, 15) is 9.59 Å². The van der Waals surface area contributed by atoms with Crippen LogP contribution in [0.15, 0.2) is 47.5 Å². The molecule has 0 saturated heterocycles. The number of amides is 1. The first-order chi connectivity index (χ1) is 12.9. The van der Waals surface area contributed by atoms with Crippen molar-refractivity contribution in [1.29, 1.82) is 0 Å². The Balaban J connectivity index is 1.65. The minimum atomic E-state index is -0.214. The van der Waals surface area contributed by atoms with Gasteiger partial charge in [0, 0.05) is 29.0 Å². The van der Waals surface area contributed by atoms with E-state index in [4.69, 9.17) is 0 Å². The number of rotatable bonds is 3. The summed E-state index contributed by atoms with van der Waals surface area (Å²) in [5, 5.41) is 4.62. The summed E-state index contributed by atoms with van der Waals surface area (Å²) in [4.78, 5) is 32.6. The Morgan fingerprint density at radius 2 is 1.89 bits per heavy atom. The second-order valence-corrected chi connectivity index (χ2v) is 7.40. The quantitative estimate of drug-likeness (QED) is 0.566. The molecule has 0 bridgehead atoms. The van der Waals surface area contributed by atoms with Crippen molar-refractivity contribution in [3.63, 3.8) is 0 Å². The topological polar surface area (TPSA) is 79.8 Å². The SMILES string of the molecule is Cc1nc(-n2cccc2)sc1C(=O)Nc1ccc2c(C)c(C)c(=O)[nH]c2c1. The maximum absolute atomic E-state index is 12.7. The van der Waals surface area contributed by atoms with E-state index in [-0.39, 0.29) is 11.5 Å². The molecule has 0 aliphatic carbocycles. The highest BCUT2D eigenvalue weighted by molar-refractivity contribution is 7.16. The first-order valence-electron chi connectivity index (χ1n) is 8.49. The van der Waals surface area contributed by atoms with Gasteiger partial charge in [0.2, 0.25) is 0 Å². The molecule has 0 saturated carbocycles. The zero-order chi connectivity index (χ0) is 19.1. The number of hydrogen-bond donors (Lipinski definition) is 2. The van der Waals surface area contributed by atoms with Crippen LogP contribution in [0.1, 0.15) is 26.5 Å². The summed E-state index contributed by atoms with van der Waals surface area (Å²) in [6.07, 6.45) is 3.79. The third-order valence-electron chi connectivity index (χ3n) is 4.65. The summed E-state index contributed by atoms with van der Waals surface area (Å²) < 4.78 is 1.88. The van der Waals surface area contributed by atoms with Crippen molar-refractivity contribution in [2.24, 2.45) is 0 Å². The molecule has 0 fully saturated rings. The molecule has 136 valence electrons. The van der Waals surface area contributed by atoms with Crippen LogP contribution in [0.3, 0.4) is 0 Å². The number of nitrogens with zero attached hydrogens (tertiary/aromatic N) is 2. The van der Waals surface area contributed by atoms with Crippen LogP contribution < -0.4 is 10.9 Å². The van der Waals surface area contributed by atoms with Crippen LogP contribution in [0.25, 0.3) is 16.0 Å². The van der Waals surface area contributed by atoms with Crippen molar-refractivity contribution in [2.45, 2.75) is 20.8 Å². The highest BCUT2D eigenvalue weighted by atomic mass is 32.1. The summed E-state index contributed by atoms with van der Waals surface area (Å²) in [7, 11) is 0. The lowest BCUT2D eigenvalue weighted by atomic mass is 10.1. The summed E-state index contributed by atoms with van der Waals surface area (Å²) in [5.74, 6) is -0.214. The predicted octanol–water partition coefficient (Wildman–Crippen LogP) is 3.95. The molecule has 1 aromatic carbocycles. The number of aromatic amines is 1. The largest absolute Gasteiger partial charge is 0.322 e. The Labute approximate surface area is 159 Å². The molecule has 0 spiro atoms. The zero-order valence-electron chi connectivity index (χ0n) is 15.2. The fourth-order valence-corrected chi connectivity index (χ4v) is 3.92. The Bertz CT molecular complexity index is 1220. The molecule has 1 amide bonds. The Kier molecular flexibility index (Phi) is 4.16. The summed E-state index contributed by atoms with van der Waals surface area (Å²) in [6, 6.07) is 9.36. The van der Waals surface area contributed by atoms with E-state index in [0.29, 0.717) is 27.3 Å². The number of H-pyrrole nitrogens is 1. The molecule has 0 aliphatic heterocycles. The van der Waals surface area contributed by atoms with Gasteiger partial charge >= 0.3 is 0 Å². The summed E-state index contributed by atoms with van der Waals surface area (Å²) >= 11 is 1.34. The van der Waals surface area contributed by atoms with Crippen molar-refractivity contribution in [2.75, 3.05) is 5.32 Å². The lowest BCUT2D eigenvalue weighted by Crippen LogP contribution is -2.13. The van der Waals surface area contributed by atoms with Gasteiger partial charge in [-0.1, -0.05) is 17.4 Å². The molecule has 3 aromatic heterocycles. The first-order valence-corrected chi connectivity index (χ1v) is 9.31. The number of carbonyl (C=O) groups excluding carboxylic acids is 1. The Hall–Kier alpha value is -3.19. The number of carbonyl (C=O) groups is 1. The Morgan fingerprint density at radius 3 is 2.63 bits per heavy atom. The third kappa shape index (κ3) is 3.06. The predicted molar refractivity (Wildman–Crippen MR) is 108 cm³/mol. The lowest BCUT2D eigenvalue weighted by molar-refractivity contribution is 0.103. The van der Waals surface area contributed by atoms with Crippen LogP contribution in [0.5, 0.6) is 0 Å².